The Morgan fingerprint density at radius 1 is 1.12 bits per heavy atom. The number of benzene rings is 2. The van der Waals surface area contributed by atoms with Crippen LogP contribution in [0.15, 0.2) is 52.3 Å². The van der Waals surface area contributed by atoms with E-state index >= 15 is 0 Å². The Kier molecular flexibility index (Phi) is 5.50. The van der Waals surface area contributed by atoms with Crippen molar-refractivity contribution in [1.29, 1.82) is 5.26 Å². The molecule has 0 aliphatic heterocycles. The van der Waals surface area contributed by atoms with E-state index in [0.717, 1.165) is 0 Å². The minimum absolute atomic E-state index is 0.00724. The Morgan fingerprint density at radius 3 is 2.33 bits per heavy atom. The van der Waals surface area contributed by atoms with Gasteiger partial charge in [0.15, 0.2) is 0 Å². The van der Waals surface area contributed by atoms with Crippen molar-refractivity contribution in [1.82, 2.24) is 0 Å². The maximum Gasteiger partial charge on any atom is 0.216 e. The standard InChI is InChI=1S/C17H14ClNO4S/c1-22-14-6-3-12(17(10-14)23-2)9-16(11-19)24(20,21)15-7-4-13(18)5-8-15/h3-10H,1-2H3. The number of hydrogen-bond donors (Lipinski definition) is 0. The minimum Gasteiger partial charge on any atom is -0.497 e. The summed E-state index contributed by atoms with van der Waals surface area (Å²) in [7, 11) is -0.992. The third-order valence-corrected chi connectivity index (χ3v) is 5.18. The summed E-state index contributed by atoms with van der Waals surface area (Å²) in [5.41, 5.74) is 0.451. The van der Waals surface area contributed by atoms with E-state index in [1.165, 1.54) is 44.6 Å². The molecule has 0 saturated carbocycles. The molecule has 0 saturated heterocycles. The van der Waals surface area contributed by atoms with Crippen LogP contribution < -0.4 is 9.47 Å². The molecule has 0 bridgehead atoms. The molecule has 24 heavy (non-hydrogen) atoms. The molecule has 0 N–H and O–H groups in total. The third kappa shape index (κ3) is 3.70. The Morgan fingerprint density at radius 2 is 1.79 bits per heavy atom. The van der Waals surface area contributed by atoms with Crippen LogP contribution in [0.2, 0.25) is 5.02 Å². The molecule has 124 valence electrons. The first-order chi connectivity index (χ1) is 11.4. The van der Waals surface area contributed by atoms with Gasteiger partial charge >= 0.3 is 0 Å². The number of rotatable bonds is 5. The fraction of sp³-hybridized carbons (Fsp3) is 0.118. The van der Waals surface area contributed by atoms with E-state index in [1.54, 1.807) is 24.3 Å². The number of sulfone groups is 1. The molecule has 0 heterocycles. The van der Waals surface area contributed by atoms with Gasteiger partial charge in [-0.05, 0) is 42.5 Å². The average Bonchev–Trinajstić information content (AvgIpc) is 2.59. The van der Waals surface area contributed by atoms with Crippen LogP contribution in [0.1, 0.15) is 5.56 Å². The summed E-state index contributed by atoms with van der Waals surface area (Å²) in [4.78, 5) is -0.402. The number of methoxy groups -OCH3 is 2. The van der Waals surface area contributed by atoms with E-state index in [-0.39, 0.29) is 4.90 Å². The molecule has 0 unspecified atom stereocenters. The van der Waals surface area contributed by atoms with Gasteiger partial charge in [-0.15, -0.1) is 0 Å². The van der Waals surface area contributed by atoms with Gasteiger partial charge in [0.05, 0.1) is 19.1 Å². The second kappa shape index (κ2) is 7.39. The average molecular weight is 364 g/mol. The lowest BCUT2D eigenvalue weighted by Crippen LogP contribution is -2.03. The highest BCUT2D eigenvalue weighted by atomic mass is 35.5. The van der Waals surface area contributed by atoms with Crippen LogP contribution in [-0.2, 0) is 9.84 Å². The Labute approximate surface area is 145 Å². The number of allylic oxidation sites excluding steroid dienone is 1. The van der Waals surface area contributed by atoms with Gasteiger partial charge < -0.3 is 9.47 Å². The van der Waals surface area contributed by atoms with E-state index in [4.69, 9.17) is 21.1 Å². The fourth-order valence-electron chi connectivity index (χ4n) is 1.99. The predicted molar refractivity (Wildman–Crippen MR) is 91.8 cm³/mol. The van der Waals surface area contributed by atoms with Crippen LogP contribution in [0.4, 0.5) is 0 Å². The van der Waals surface area contributed by atoms with E-state index in [2.05, 4.69) is 0 Å². The highest BCUT2D eigenvalue weighted by Gasteiger charge is 2.21. The molecule has 0 radical (unpaired) electrons. The molecule has 0 aliphatic rings. The number of ether oxygens (including phenoxy) is 2. The van der Waals surface area contributed by atoms with Crippen molar-refractivity contribution in [3.8, 4) is 17.6 Å². The van der Waals surface area contributed by atoms with Crippen molar-refractivity contribution in [2.24, 2.45) is 0 Å². The van der Waals surface area contributed by atoms with Gasteiger partial charge in [-0.3, -0.25) is 0 Å². The fourth-order valence-corrected chi connectivity index (χ4v) is 3.27. The Bertz CT molecular complexity index is 913. The summed E-state index contributed by atoms with van der Waals surface area (Å²) in [5, 5.41) is 9.72. The molecule has 0 aromatic heterocycles. The van der Waals surface area contributed by atoms with Gasteiger partial charge in [0.1, 0.15) is 22.5 Å². The van der Waals surface area contributed by atoms with Crippen molar-refractivity contribution in [3.05, 3.63) is 58.0 Å². The van der Waals surface area contributed by atoms with Gasteiger partial charge in [0.25, 0.3) is 0 Å². The van der Waals surface area contributed by atoms with E-state index < -0.39 is 14.7 Å². The molecule has 2 rings (SSSR count). The lowest BCUT2D eigenvalue weighted by atomic mass is 10.2. The summed E-state index contributed by atoms with van der Waals surface area (Å²) in [5.74, 6) is 0.955. The number of halogens is 1. The van der Waals surface area contributed by atoms with E-state index in [9.17, 15) is 13.7 Å². The van der Waals surface area contributed by atoms with Crippen molar-refractivity contribution in [3.63, 3.8) is 0 Å². The normalized spacial score (nSPS) is 11.7. The lowest BCUT2D eigenvalue weighted by molar-refractivity contribution is 0.394. The summed E-state index contributed by atoms with van der Waals surface area (Å²) in [6.45, 7) is 0. The first kappa shape index (κ1) is 17.9. The predicted octanol–water partition coefficient (Wildman–Crippen LogP) is 3.70. The summed E-state index contributed by atoms with van der Waals surface area (Å²) in [6.07, 6.45) is 1.27. The van der Waals surface area contributed by atoms with Crippen molar-refractivity contribution in [2.75, 3.05) is 14.2 Å². The zero-order valence-corrected chi connectivity index (χ0v) is 14.6. The van der Waals surface area contributed by atoms with Crippen LogP contribution in [0, 0.1) is 11.3 Å². The highest BCUT2D eigenvalue weighted by molar-refractivity contribution is 7.95. The maximum absolute atomic E-state index is 12.6. The van der Waals surface area contributed by atoms with Gasteiger partial charge in [-0.2, -0.15) is 5.26 Å². The minimum atomic E-state index is -3.95. The molecule has 0 aliphatic carbocycles. The lowest BCUT2D eigenvalue weighted by Gasteiger charge is -2.08. The molecule has 7 heteroatoms. The van der Waals surface area contributed by atoms with Crippen LogP contribution in [0.5, 0.6) is 11.5 Å². The molecule has 2 aromatic carbocycles. The molecule has 0 spiro atoms. The van der Waals surface area contributed by atoms with Gasteiger partial charge in [-0.1, -0.05) is 11.6 Å². The second-order valence-electron chi connectivity index (χ2n) is 4.69. The summed E-state index contributed by atoms with van der Waals surface area (Å²) in [6, 6.07) is 12.2. The molecule has 2 aromatic rings. The molecule has 5 nitrogen and oxygen atoms in total. The van der Waals surface area contributed by atoms with E-state index in [1.807, 2.05) is 0 Å². The van der Waals surface area contributed by atoms with Crippen LogP contribution >= 0.6 is 11.6 Å². The van der Waals surface area contributed by atoms with E-state index in [0.29, 0.717) is 22.1 Å². The first-order valence-corrected chi connectivity index (χ1v) is 8.63. The van der Waals surface area contributed by atoms with Crippen LogP contribution in [-0.4, -0.2) is 22.6 Å². The highest BCUT2D eigenvalue weighted by Crippen LogP contribution is 2.29. The Hall–Kier alpha value is -2.49. The molecule has 0 fully saturated rings. The smallest absolute Gasteiger partial charge is 0.216 e. The zero-order chi connectivity index (χ0) is 17.7. The second-order valence-corrected chi connectivity index (χ2v) is 7.04. The van der Waals surface area contributed by atoms with Gasteiger partial charge in [0, 0.05) is 16.7 Å². The monoisotopic (exact) mass is 363 g/mol. The van der Waals surface area contributed by atoms with Crippen molar-refractivity contribution >= 4 is 27.5 Å². The summed E-state index contributed by atoms with van der Waals surface area (Å²) < 4.78 is 35.5. The molecule has 0 atom stereocenters. The Balaban J connectivity index is 2.54. The summed E-state index contributed by atoms with van der Waals surface area (Å²) >= 11 is 5.77. The van der Waals surface area contributed by atoms with Crippen LogP contribution in [0.25, 0.3) is 6.08 Å². The SMILES string of the molecule is COc1ccc(C=C(C#N)S(=O)(=O)c2ccc(Cl)cc2)c(OC)c1. The number of nitriles is 1. The molecular formula is C17H14ClNO4S. The van der Waals surface area contributed by atoms with Gasteiger partial charge in [-0.25, -0.2) is 8.42 Å². The quantitative estimate of drug-likeness (QED) is 0.757. The number of hydrogen-bond acceptors (Lipinski definition) is 5. The molecule has 0 amide bonds. The first-order valence-electron chi connectivity index (χ1n) is 6.77. The zero-order valence-electron chi connectivity index (χ0n) is 13.0. The van der Waals surface area contributed by atoms with Crippen LogP contribution in [0.3, 0.4) is 0 Å². The molecular weight excluding hydrogens is 350 g/mol. The number of nitrogens with zero attached hydrogens (tertiary/aromatic N) is 1. The topological polar surface area (TPSA) is 76.4 Å². The van der Waals surface area contributed by atoms with Crippen molar-refractivity contribution < 1.29 is 17.9 Å². The maximum atomic E-state index is 12.6. The largest absolute Gasteiger partial charge is 0.497 e. The van der Waals surface area contributed by atoms with Gasteiger partial charge in [0.2, 0.25) is 9.84 Å². The van der Waals surface area contributed by atoms with Crippen molar-refractivity contribution in [2.45, 2.75) is 4.90 Å². The third-order valence-electron chi connectivity index (χ3n) is 3.25.